The summed E-state index contributed by atoms with van der Waals surface area (Å²) in [5.74, 6) is 0. The van der Waals surface area contributed by atoms with Gasteiger partial charge in [-0.15, -0.1) is 0 Å². The van der Waals surface area contributed by atoms with Crippen LogP contribution in [0.15, 0.2) is 0 Å². The van der Waals surface area contributed by atoms with E-state index < -0.39 is 0 Å². The molecule has 0 bridgehead atoms. The smallest absolute Gasteiger partial charge is 0.0446 e. The van der Waals surface area contributed by atoms with Gasteiger partial charge in [-0.1, -0.05) is 19.3 Å². The second-order valence-electron chi connectivity index (χ2n) is 4.69. The third-order valence-electron chi connectivity index (χ3n) is 4.02. The zero-order chi connectivity index (χ0) is 9.15. The second-order valence-corrected chi connectivity index (χ2v) is 4.69. The minimum Gasteiger partial charge on any atom is -0.396 e. The summed E-state index contributed by atoms with van der Waals surface area (Å²) in [6.07, 6.45) is 9.33. The highest BCUT2D eigenvalue weighted by Crippen LogP contribution is 2.45. The molecule has 2 fully saturated rings. The zero-order valence-electron chi connectivity index (χ0n) is 8.39. The van der Waals surface area contributed by atoms with Crippen molar-refractivity contribution in [2.75, 3.05) is 13.2 Å². The molecule has 2 N–H and O–H groups in total. The summed E-state index contributed by atoms with van der Waals surface area (Å²) in [6, 6.07) is 0.609. The van der Waals surface area contributed by atoms with Gasteiger partial charge in [0.05, 0.1) is 0 Å². The summed E-state index contributed by atoms with van der Waals surface area (Å²) < 4.78 is 0. The lowest BCUT2D eigenvalue weighted by Gasteiger charge is -2.38. The molecular weight excluding hydrogens is 162 g/mol. The van der Waals surface area contributed by atoms with Crippen LogP contribution in [-0.2, 0) is 0 Å². The van der Waals surface area contributed by atoms with Crippen LogP contribution in [0, 0.1) is 5.41 Å². The van der Waals surface area contributed by atoms with Gasteiger partial charge in [0.1, 0.15) is 0 Å². The van der Waals surface area contributed by atoms with E-state index >= 15 is 0 Å². The monoisotopic (exact) mass is 183 g/mol. The predicted octanol–water partition coefficient (Wildman–Crippen LogP) is 1.68. The zero-order valence-corrected chi connectivity index (χ0v) is 8.39. The van der Waals surface area contributed by atoms with E-state index in [2.05, 4.69) is 5.32 Å². The Morgan fingerprint density at radius 2 is 1.92 bits per heavy atom. The normalized spacial score (nSPS) is 32.5. The van der Waals surface area contributed by atoms with Gasteiger partial charge in [0, 0.05) is 12.6 Å². The number of aliphatic hydroxyl groups excluding tert-OH is 1. The van der Waals surface area contributed by atoms with Gasteiger partial charge in [0.25, 0.3) is 0 Å². The first-order chi connectivity index (χ1) is 6.37. The van der Waals surface area contributed by atoms with Gasteiger partial charge in [-0.05, 0) is 37.6 Å². The number of hydrogen-bond donors (Lipinski definition) is 2. The predicted molar refractivity (Wildman–Crippen MR) is 53.6 cm³/mol. The van der Waals surface area contributed by atoms with Crippen molar-refractivity contribution in [2.24, 2.45) is 5.41 Å². The van der Waals surface area contributed by atoms with Crippen LogP contribution >= 0.6 is 0 Å². The van der Waals surface area contributed by atoms with E-state index in [1.54, 1.807) is 0 Å². The van der Waals surface area contributed by atoms with E-state index in [0.717, 1.165) is 6.42 Å². The SMILES string of the molecule is OCCC1NCCC12CCCCC2. The maximum absolute atomic E-state index is 9.00. The Labute approximate surface area is 80.7 Å². The molecule has 1 aliphatic heterocycles. The molecule has 1 atom stereocenters. The van der Waals surface area contributed by atoms with Crippen LogP contribution in [0.4, 0.5) is 0 Å². The summed E-state index contributed by atoms with van der Waals surface area (Å²) >= 11 is 0. The van der Waals surface area contributed by atoms with Crippen LogP contribution in [0.25, 0.3) is 0 Å². The van der Waals surface area contributed by atoms with Crippen LogP contribution < -0.4 is 5.32 Å². The van der Waals surface area contributed by atoms with Crippen LogP contribution in [0.2, 0.25) is 0 Å². The molecular formula is C11H21NO. The lowest BCUT2D eigenvalue weighted by atomic mass is 9.68. The van der Waals surface area contributed by atoms with Crippen LogP contribution in [0.3, 0.4) is 0 Å². The van der Waals surface area contributed by atoms with Gasteiger partial charge in [-0.3, -0.25) is 0 Å². The average molecular weight is 183 g/mol. The fraction of sp³-hybridized carbons (Fsp3) is 1.00. The van der Waals surface area contributed by atoms with Crippen molar-refractivity contribution in [3.63, 3.8) is 0 Å². The number of aliphatic hydroxyl groups is 1. The Hall–Kier alpha value is -0.0800. The molecule has 2 heteroatoms. The molecule has 0 aromatic rings. The molecule has 2 rings (SSSR count). The van der Waals surface area contributed by atoms with Crippen molar-refractivity contribution in [2.45, 2.75) is 51.0 Å². The van der Waals surface area contributed by atoms with E-state index in [9.17, 15) is 0 Å². The van der Waals surface area contributed by atoms with Crippen molar-refractivity contribution in [3.05, 3.63) is 0 Å². The minimum absolute atomic E-state index is 0.347. The Balaban J connectivity index is 2.00. The van der Waals surface area contributed by atoms with Crippen molar-refractivity contribution in [1.29, 1.82) is 0 Å². The summed E-state index contributed by atoms with van der Waals surface area (Å²) in [6.45, 7) is 1.52. The van der Waals surface area contributed by atoms with Crippen molar-refractivity contribution in [1.82, 2.24) is 5.32 Å². The van der Waals surface area contributed by atoms with E-state index in [-0.39, 0.29) is 0 Å². The van der Waals surface area contributed by atoms with Gasteiger partial charge in [0.15, 0.2) is 0 Å². The van der Waals surface area contributed by atoms with Crippen molar-refractivity contribution >= 4 is 0 Å². The quantitative estimate of drug-likeness (QED) is 0.682. The first kappa shape index (κ1) is 9.47. The third-order valence-corrected chi connectivity index (χ3v) is 4.02. The van der Waals surface area contributed by atoms with Crippen LogP contribution in [-0.4, -0.2) is 24.3 Å². The standard InChI is InChI=1S/C11H21NO/c13-9-4-10-11(7-8-12-10)5-2-1-3-6-11/h10,12-13H,1-9H2. The topological polar surface area (TPSA) is 32.3 Å². The van der Waals surface area contributed by atoms with E-state index in [4.69, 9.17) is 5.11 Å². The fourth-order valence-corrected chi connectivity index (χ4v) is 3.28. The summed E-state index contributed by atoms with van der Waals surface area (Å²) in [7, 11) is 0. The highest BCUT2D eigenvalue weighted by Gasteiger charge is 2.42. The lowest BCUT2D eigenvalue weighted by molar-refractivity contribution is 0.139. The average Bonchev–Trinajstić information content (AvgIpc) is 2.52. The molecule has 1 heterocycles. The molecule has 1 unspecified atom stereocenters. The Kier molecular flexibility index (Phi) is 2.89. The largest absolute Gasteiger partial charge is 0.396 e. The van der Waals surface area contributed by atoms with E-state index in [0.29, 0.717) is 18.1 Å². The maximum atomic E-state index is 9.00. The Bertz CT molecular complexity index is 163. The molecule has 1 saturated heterocycles. The first-order valence-electron chi connectivity index (χ1n) is 5.72. The molecule has 1 spiro atoms. The number of nitrogens with one attached hydrogen (secondary N) is 1. The molecule has 2 aliphatic rings. The Morgan fingerprint density at radius 1 is 1.15 bits per heavy atom. The van der Waals surface area contributed by atoms with Crippen molar-refractivity contribution < 1.29 is 5.11 Å². The molecule has 2 nitrogen and oxygen atoms in total. The lowest BCUT2D eigenvalue weighted by Crippen LogP contribution is -2.38. The van der Waals surface area contributed by atoms with Gasteiger partial charge >= 0.3 is 0 Å². The molecule has 1 saturated carbocycles. The summed E-state index contributed by atoms with van der Waals surface area (Å²) in [5, 5.41) is 12.6. The maximum Gasteiger partial charge on any atom is 0.0446 e. The van der Waals surface area contributed by atoms with Crippen molar-refractivity contribution in [3.8, 4) is 0 Å². The van der Waals surface area contributed by atoms with Gasteiger partial charge < -0.3 is 10.4 Å². The third kappa shape index (κ3) is 1.75. The molecule has 0 amide bonds. The second kappa shape index (κ2) is 3.97. The van der Waals surface area contributed by atoms with E-state index in [1.807, 2.05) is 0 Å². The molecule has 0 aromatic carbocycles. The van der Waals surface area contributed by atoms with Gasteiger partial charge in [0.2, 0.25) is 0 Å². The van der Waals surface area contributed by atoms with Gasteiger partial charge in [-0.25, -0.2) is 0 Å². The van der Waals surface area contributed by atoms with Crippen LogP contribution in [0.1, 0.15) is 44.9 Å². The van der Waals surface area contributed by atoms with E-state index in [1.165, 1.54) is 45.1 Å². The Morgan fingerprint density at radius 3 is 2.62 bits per heavy atom. The molecule has 0 aromatic heterocycles. The first-order valence-corrected chi connectivity index (χ1v) is 5.72. The summed E-state index contributed by atoms with van der Waals surface area (Å²) in [4.78, 5) is 0. The molecule has 76 valence electrons. The molecule has 13 heavy (non-hydrogen) atoms. The van der Waals surface area contributed by atoms with Crippen LogP contribution in [0.5, 0.6) is 0 Å². The number of hydrogen-bond acceptors (Lipinski definition) is 2. The fourth-order valence-electron chi connectivity index (χ4n) is 3.28. The summed E-state index contributed by atoms with van der Waals surface area (Å²) in [5.41, 5.74) is 0.570. The molecule has 0 radical (unpaired) electrons. The molecule has 1 aliphatic carbocycles. The van der Waals surface area contributed by atoms with Gasteiger partial charge in [-0.2, -0.15) is 0 Å². The number of rotatable bonds is 2. The minimum atomic E-state index is 0.347. The highest BCUT2D eigenvalue weighted by atomic mass is 16.3. The highest BCUT2D eigenvalue weighted by molar-refractivity contribution is 4.98.